The van der Waals surface area contributed by atoms with Crippen LogP contribution in [0.15, 0.2) is 0 Å². The van der Waals surface area contributed by atoms with Gasteiger partial charge in [-0.1, -0.05) is 0 Å². The predicted molar refractivity (Wildman–Crippen MR) is 52.8 cm³/mol. The van der Waals surface area contributed by atoms with Gasteiger partial charge in [-0.25, -0.2) is 13.1 Å². The van der Waals surface area contributed by atoms with Crippen LogP contribution in [-0.2, 0) is 10.0 Å². The highest BCUT2D eigenvalue weighted by Crippen LogP contribution is 2.24. The second kappa shape index (κ2) is 3.94. The molecule has 0 aromatic carbocycles. The molecular weight excluding hydrogens is 188 g/mol. The monoisotopic (exact) mass is 206 g/mol. The molecule has 0 atom stereocenters. The zero-order valence-corrected chi connectivity index (χ0v) is 8.97. The van der Waals surface area contributed by atoms with Crippen molar-refractivity contribution in [1.82, 2.24) is 4.72 Å². The lowest BCUT2D eigenvalue weighted by Crippen LogP contribution is -2.43. The van der Waals surface area contributed by atoms with Crippen molar-refractivity contribution < 1.29 is 8.42 Å². The van der Waals surface area contributed by atoms with Crippen molar-refractivity contribution in [2.75, 3.05) is 6.54 Å². The molecule has 3 N–H and O–H groups in total. The van der Waals surface area contributed by atoms with Crippen molar-refractivity contribution in [3.63, 3.8) is 0 Å². The van der Waals surface area contributed by atoms with E-state index in [-0.39, 0.29) is 11.3 Å². The van der Waals surface area contributed by atoms with Crippen LogP contribution in [0.4, 0.5) is 0 Å². The molecule has 0 spiro atoms. The number of nitrogens with two attached hydrogens (primary N) is 1. The average Bonchev–Trinajstić information content (AvgIpc) is 1.95. The van der Waals surface area contributed by atoms with E-state index in [1.807, 2.05) is 0 Å². The Morgan fingerprint density at radius 1 is 1.46 bits per heavy atom. The van der Waals surface area contributed by atoms with Crippen molar-refractivity contribution in [2.45, 2.75) is 38.0 Å². The summed E-state index contributed by atoms with van der Waals surface area (Å²) in [7, 11) is -3.08. The first-order chi connectivity index (χ1) is 5.92. The summed E-state index contributed by atoms with van der Waals surface area (Å²) in [6.45, 7) is 3.90. The van der Waals surface area contributed by atoms with Crippen LogP contribution < -0.4 is 10.5 Å². The van der Waals surface area contributed by atoms with Crippen LogP contribution in [0, 0.1) is 5.92 Å². The molecule has 0 aromatic heterocycles. The molecule has 0 radical (unpaired) electrons. The summed E-state index contributed by atoms with van der Waals surface area (Å²) >= 11 is 0. The maximum Gasteiger partial charge on any atom is 0.213 e. The predicted octanol–water partition coefficient (Wildman–Crippen LogP) is 0.0515. The lowest BCUT2D eigenvalue weighted by atomic mass is 9.81. The third-order valence-electron chi connectivity index (χ3n) is 2.47. The molecule has 1 fully saturated rings. The van der Waals surface area contributed by atoms with Gasteiger partial charge in [-0.2, -0.15) is 0 Å². The van der Waals surface area contributed by atoms with Crippen LogP contribution in [0.25, 0.3) is 0 Å². The van der Waals surface area contributed by atoms with Crippen molar-refractivity contribution >= 4 is 10.0 Å². The Hall–Kier alpha value is -0.130. The fourth-order valence-electron chi connectivity index (χ4n) is 1.35. The Morgan fingerprint density at radius 2 is 2.00 bits per heavy atom. The molecule has 0 aliphatic heterocycles. The summed E-state index contributed by atoms with van der Waals surface area (Å²) in [5, 5.41) is -0.346. The third kappa shape index (κ3) is 2.93. The zero-order chi connectivity index (χ0) is 10.1. The van der Waals surface area contributed by atoms with Gasteiger partial charge in [0.2, 0.25) is 10.0 Å². The molecule has 1 rings (SSSR count). The normalized spacial score (nSPS) is 28.9. The quantitative estimate of drug-likeness (QED) is 0.683. The van der Waals surface area contributed by atoms with Crippen molar-refractivity contribution in [1.29, 1.82) is 0 Å². The van der Waals surface area contributed by atoms with Gasteiger partial charge < -0.3 is 5.73 Å². The number of hydrogen-bond donors (Lipinski definition) is 2. The molecule has 0 unspecified atom stereocenters. The SMILES string of the molecule is CC(C)S(=O)(=O)NCC1CC(N)C1. The largest absolute Gasteiger partial charge is 0.328 e. The fourth-order valence-corrected chi connectivity index (χ4v) is 2.16. The highest BCUT2D eigenvalue weighted by atomic mass is 32.2. The first-order valence-corrected chi connectivity index (χ1v) is 6.20. The van der Waals surface area contributed by atoms with E-state index < -0.39 is 10.0 Å². The number of rotatable bonds is 4. The van der Waals surface area contributed by atoms with Crippen molar-refractivity contribution in [3.8, 4) is 0 Å². The van der Waals surface area contributed by atoms with E-state index in [2.05, 4.69) is 4.72 Å². The Balaban J connectivity index is 2.27. The van der Waals surface area contributed by atoms with Gasteiger partial charge in [-0.15, -0.1) is 0 Å². The van der Waals surface area contributed by atoms with E-state index in [1.165, 1.54) is 0 Å². The van der Waals surface area contributed by atoms with Crippen LogP contribution in [-0.4, -0.2) is 26.3 Å². The summed E-state index contributed by atoms with van der Waals surface area (Å²) < 4.78 is 25.2. The van der Waals surface area contributed by atoms with E-state index in [1.54, 1.807) is 13.8 Å². The second-order valence-corrected chi connectivity index (χ2v) is 6.36. The van der Waals surface area contributed by atoms with E-state index in [0.29, 0.717) is 12.5 Å². The molecule has 1 saturated carbocycles. The van der Waals surface area contributed by atoms with Crippen LogP contribution in [0.3, 0.4) is 0 Å². The molecule has 0 bridgehead atoms. The van der Waals surface area contributed by atoms with Crippen LogP contribution in [0.5, 0.6) is 0 Å². The van der Waals surface area contributed by atoms with Crippen LogP contribution in [0.1, 0.15) is 26.7 Å². The topological polar surface area (TPSA) is 72.2 Å². The third-order valence-corrected chi connectivity index (χ3v) is 4.28. The van der Waals surface area contributed by atoms with Gasteiger partial charge in [0.15, 0.2) is 0 Å². The summed E-state index contributed by atoms with van der Waals surface area (Å²) in [5.41, 5.74) is 5.59. The van der Waals surface area contributed by atoms with Crippen molar-refractivity contribution in [2.24, 2.45) is 11.7 Å². The number of nitrogens with one attached hydrogen (secondary N) is 1. The van der Waals surface area contributed by atoms with Gasteiger partial charge in [-0.3, -0.25) is 0 Å². The summed E-state index contributed by atoms with van der Waals surface area (Å²) in [6, 6.07) is 0.286. The molecular formula is C8H18N2O2S. The maximum absolute atomic E-state index is 11.3. The van der Waals surface area contributed by atoms with Gasteiger partial charge in [0.1, 0.15) is 0 Å². The molecule has 1 aliphatic rings. The average molecular weight is 206 g/mol. The molecule has 4 nitrogen and oxygen atoms in total. The Bertz CT molecular complexity index is 255. The maximum atomic E-state index is 11.3. The minimum atomic E-state index is -3.08. The molecule has 1 aliphatic carbocycles. The highest BCUT2D eigenvalue weighted by Gasteiger charge is 2.27. The summed E-state index contributed by atoms with van der Waals surface area (Å²) in [6.07, 6.45) is 1.89. The Kier molecular flexibility index (Phi) is 3.32. The summed E-state index contributed by atoms with van der Waals surface area (Å²) in [4.78, 5) is 0. The van der Waals surface area contributed by atoms with E-state index in [9.17, 15) is 8.42 Å². The van der Waals surface area contributed by atoms with E-state index in [0.717, 1.165) is 12.8 Å². The highest BCUT2D eigenvalue weighted by molar-refractivity contribution is 7.90. The Labute approximate surface area is 79.9 Å². The molecule has 0 amide bonds. The van der Waals surface area contributed by atoms with E-state index in [4.69, 9.17) is 5.73 Å². The second-order valence-electron chi connectivity index (χ2n) is 4.04. The molecule has 13 heavy (non-hydrogen) atoms. The van der Waals surface area contributed by atoms with Gasteiger partial charge in [0.05, 0.1) is 5.25 Å². The lowest BCUT2D eigenvalue weighted by molar-refractivity contribution is 0.267. The first-order valence-electron chi connectivity index (χ1n) is 4.66. The molecule has 5 heteroatoms. The lowest BCUT2D eigenvalue weighted by Gasteiger charge is -2.32. The smallest absolute Gasteiger partial charge is 0.213 e. The van der Waals surface area contributed by atoms with Gasteiger partial charge >= 0.3 is 0 Å². The fraction of sp³-hybridized carbons (Fsp3) is 1.00. The zero-order valence-electron chi connectivity index (χ0n) is 8.16. The molecule has 78 valence electrons. The van der Waals surface area contributed by atoms with E-state index >= 15 is 0 Å². The molecule has 0 saturated heterocycles. The van der Waals surface area contributed by atoms with Crippen LogP contribution >= 0.6 is 0 Å². The van der Waals surface area contributed by atoms with Crippen molar-refractivity contribution in [3.05, 3.63) is 0 Å². The molecule has 0 aromatic rings. The van der Waals surface area contributed by atoms with Gasteiger partial charge in [0.25, 0.3) is 0 Å². The minimum Gasteiger partial charge on any atom is -0.328 e. The van der Waals surface area contributed by atoms with Gasteiger partial charge in [0, 0.05) is 12.6 Å². The summed E-state index contributed by atoms with van der Waals surface area (Å²) in [5.74, 6) is 0.448. The molecule has 0 heterocycles. The van der Waals surface area contributed by atoms with Gasteiger partial charge in [-0.05, 0) is 32.6 Å². The Morgan fingerprint density at radius 3 is 2.38 bits per heavy atom. The first kappa shape index (κ1) is 10.9. The standard InChI is InChI=1S/C8H18N2O2S/c1-6(2)13(11,12)10-5-7-3-8(9)4-7/h6-8,10H,3-5,9H2,1-2H3. The number of sulfonamides is 1. The van der Waals surface area contributed by atoms with Crippen LogP contribution in [0.2, 0.25) is 0 Å². The number of hydrogen-bond acceptors (Lipinski definition) is 3. The minimum absolute atomic E-state index is 0.286.